The van der Waals surface area contributed by atoms with E-state index in [2.05, 4.69) is 5.32 Å². The molecule has 1 fully saturated rings. The fourth-order valence-corrected chi connectivity index (χ4v) is 5.09. The molecule has 1 unspecified atom stereocenters. The maximum absolute atomic E-state index is 13.6. The third-order valence-corrected chi connectivity index (χ3v) is 7.93. The standard InChI is InChI=1S/C25H25F4N5O7S/c1-14(25(27,28)29)33(12-15-3-5-17(26)6-4-15)20(35)13-34-21(36)24(41-23(34)38)10-9-16-11-18(7-8-19(16)24)31-22(37)32-42(39,40)30-2/h3-8,11,14,30H,9-10,12-13H2,1-2H3,(H2,31,32,37)/t14?,24-/m1/s1. The van der Waals surface area contributed by atoms with Gasteiger partial charge in [0.1, 0.15) is 18.4 Å². The van der Waals surface area contributed by atoms with Gasteiger partial charge < -0.3 is 15.0 Å². The molecular weight excluding hydrogens is 590 g/mol. The number of ether oxygens (including phenoxy) is 1. The summed E-state index contributed by atoms with van der Waals surface area (Å²) in [5, 5.41) is 2.32. The first-order valence-electron chi connectivity index (χ1n) is 12.4. The quantitative estimate of drug-likeness (QED) is 0.386. The number of rotatable bonds is 8. The molecule has 0 saturated carbocycles. The van der Waals surface area contributed by atoms with E-state index in [-0.39, 0.29) is 29.7 Å². The van der Waals surface area contributed by atoms with Crippen LogP contribution in [0.5, 0.6) is 0 Å². The maximum Gasteiger partial charge on any atom is 0.418 e. The number of aryl methyl sites for hydroxylation is 1. The lowest BCUT2D eigenvalue weighted by molar-refractivity contribution is -0.187. The second-order valence-corrected chi connectivity index (χ2v) is 11.2. The SMILES string of the molecule is CNS(=O)(=O)NC(=O)Nc1ccc2c(c1)CC[C@@]21OC(=O)N(CC(=O)N(Cc2ccc(F)cc2)C(C)C(F)(F)F)C1=O. The molecule has 4 rings (SSSR count). The van der Waals surface area contributed by atoms with Gasteiger partial charge >= 0.3 is 28.5 Å². The molecule has 2 aromatic rings. The van der Waals surface area contributed by atoms with Crippen LogP contribution in [0.1, 0.15) is 30.0 Å². The zero-order chi connectivity index (χ0) is 31.0. The van der Waals surface area contributed by atoms with Crippen LogP contribution < -0.4 is 14.8 Å². The smallest absolute Gasteiger partial charge is 0.418 e. The van der Waals surface area contributed by atoms with Crippen molar-refractivity contribution in [3.63, 3.8) is 0 Å². The Labute approximate surface area is 237 Å². The highest BCUT2D eigenvalue weighted by atomic mass is 32.2. The van der Waals surface area contributed by atoms with Gasteiger partial charge in [-0.05, 0) is 48.7 Å². The van der Waals surface area contributed by atoms with Crippen LogP contribution in [-0.4, -0.2) is 68.0 Å². The summed E-state index contributed by atoms with van der Waals surface area (Å²) in [6.07, 6.45) is -5.92. The van der Waals surface area contributed by atoms with Crippen LogP contribution in [0.4, 0.5) is 32.8 Å². The summed E-state index contributed by atoms with van der Waals surface area (Å²) in [6.45, 7) is -0.847. The van der Waals surface area contributed by atoms with Gasteiger partial charge in [0.05, 0.1) is 0 Å². The van der Waals surface area contributed by atoms with Crippen molar-refractivity contribution >= 4 is 39.8 Å². The number of fused-ring (bicyclic) bond motifs is 2. The minimum atomic E-state index is -4.84. The van der Waals surface area contributed by atoms with Gasteiger partial charge in [-0.3, -0.25) is 9.59 Å². The first-order chi connectivity index (χ1) is 19.6. The van der Waals surface area contributed by atoms with Crippen molar-refractivity contribution in [1.29, 1.82) is 0 Å². The third-order valence-electron chi connectivity index (χ3n) is 6.93. The van der Waals surface area contributed by atoms with Crippen LogP contribution in [-0.2, 0) is 43.1 Å². The number of urea groups is 1. The summed E-state index contributed by atoms with van der Waals surface area (Å²) in [7, 11) is -2.97. The number of amides is 5. The number of nitrogens with one attached hydrogen (secondary N) is 3. The van der Waals surface area contributed by atoms with E-state index >= 15 is 0 Å². The van der Waals surface area contributed by atoms with Gasteiger partial charge in [0.2, 0.25) is 11.5 Å². The van der Waals surface area contributed by atoms with Crippen LogP contribution in [0.25, 0.3) is 0 Å². The van der Waals surface area contributed by atoms with Crippen LogP contribution in [0, 0.1) is 5.82 Å². The zero-order valence-corrected chi connectivity index (χ0v) is 22.9. The van der Waals surface area contributed by atoms with Crippen molar-refractivity contribution in [2.24, 2.45) is 0 Å². The number of imide groups is 1. The van der Waals surface area contributed by atoms with Crippen LogP contribution >= 0.6 is 0 Å². The molecular formula is C25H25F4N5O7S. The molecule has 3 N–H and O–H groups in total. The Bertz CT molecular complexity index is 1530. The third kappa shape index (κ3) is 6.15. The Morgan fingerprint density at radius 2 is 1.81 bits per heavy atom. The van der Waals surface area contributed by atoms with Gasteiger partial charge in [-0.1, -0.05) is 18.2 Å². The molecule has 0 bridgehead atoms. The molecule has 1 saturated heterocycles. The van der Waals surface area contributed by atoms with Crippen LogP contribution in [0.3, 0.4) is 0 Å². The summed E-state index contributed by atoms with van der Waals surface area (Å²) in [6, 6.07) is 5.28. The molecule has 1 aliphatic carbocycles. The largest absolute Gasteiger partial charge is 0.427 e. The number of hydrogen-bond acceptors (Lipinski definition) is 7. The van der Waals surface area contributed by atoms with Crippen LogP contribution in [0.2, 0.25) is 0 Å². The van der Waals surface area contributed by atoms with Gasteiger partial charge in [0.15, 0.2) is 0 Å². The average molecular weight is 616 g/mol. The molecule has 12 nitrogen and oxygen atoms in total. The maximum atomic E-state index is 13.6. The van der Waals surface area contributed by atoms with E-state index in [1.807, 2.05) is 4.72 Å². The number of alkyl halides is 3. The summed E-state index contributed by atoms with van der Waals surface area (Å²) in [5.74, 6) is -2.76. The first-order valence-corrected chi connectivity index (χ1v) is 13.9. The Kier molecular flexibility index (Phi) is 8.19. The number of hydrogen-bond donors (Lipinski definition) is 3. The Hall–Kier alpha value is -4.25. The van der Waals surface area contributed by atoms with Gasteiger partial charge in [-0.25, -0.2) is 28.3 Å². The van der Waals surface area contributed by atoms with Gasteiger partial charge in [0, 0.05) is 31.3 Å². The molecule has 5 amide bonds. The lowest BCUT2D eigenvalue weighted by atomic mass is 9.94. The monoisotopic (exact) mass is 615 g/mol. The van der Waals surface area contributed by atoms with E-state index in [0.717, 1.165) is 26.1 Å². The normalized spacial score (nSPS) is 19.0. The number of carbonyl (C=O) groups excluding carboxylic acids is 4. The Morgan fingerprint density at radius 3 is 2.43 bits per heavy atom. The molecule has 1 spiro atoms. The van der Waals surface area contributed by atoms with E-state index in [9.17, 15) is 45.2 Å². The predicted molar refractivity (Wildman–Crippen MR) is 137 cm³/mol. The van der Waals surface area contributed by atoms with E-state index < -0.39 is 70.9 Å². The van der Waals surface area contributed by atoms with Crippen molar-refractivity contribution < 1.29 is 49.9 Å². The number of benzene rings is 2. The summed E-state index contributed by atoms with van der Waals surface area (Å²) >= 11 is 0. The highest BCUT2D eigenvalue weighted by Gasteiger charge is 2.58. The van der Waals surface area contributed by atoms with Crippen molar-refractivity contribution in [3.05, 3.63) is 65.0 Å². The minimum absolute atomic E-state index is 0.0420. The Balaban J connectivity index is 1.53. The zero-order valence-electron chi connectivity index (χ0n) is 22.1. The second kappa shape index (κ2) is 11.2. The molecule has 1 aliphatic heterocycles. The Morgan fingerprint density at radius 1 is 1.14 bits per heavy atom. The molecule has 17 heteroatoms. The molecule has 42 heavy (non-hydrogen) atoms. The van der Waals surface area contributed by atoms with Crippen molar-refractivity contribution in [2.75, 3.05) is 18.9 Å². The first kappa shape index (κ1) is 30.7. The summed E-state index contributed by atoms with van der Waals surface area (Å²) < 4.78 is 86.2. The van der Waals surface area contributed by atoms with E-state index in [4.69, 9.17) is 4.74 Å². The molecule has 0 radical (unpaired) electrons. The number of halogens is 4. The van der Waals surface area contributed by atoms with Gasteiger partial charge in [-0.2, -0.15) is 21.6 Å². The van der Waals surface area contributed by atoms with Crippen molar-refractivity contribution in [1.82, 2.24) is 19.2 Å². The average Bonchev–Trinajstić information content (AvgIpc) is 3.38. The summed E-state index contributed by atoms with van der Waals surface area (Å²) in [4.78, 5) is 52.2. The van der Waals surface area contributed by atoms with E-state index in [1.54, 1.807) is 4.72 Å². The predicted octanol–water partition coefficient (Wildman–Crippen LogP) is 2.51. The molecule has 2 atom stereocenters. The lowest BCUT2D eigenvalue weighted by Crippen LogP contribution is -2.51. The number of carbonyl (C=O) groups is 4. The number of anilines is 1. The molecule has 2 aliphatic rings. The molecule has 226 valence electrons. The van der Waals surface area contributed by atoms with E-state index in [1.165, 1.54) is 30.3 Å². The summed E-state index contributed by atoms with van der Waals surface area (Å²) in [5.41, 5.74) is -0.755. The molecule has 1 heterocycles. The van der Waals surface area contributed by atoms with Crippen molar-refractivity contribution in [2.45, 2.75) is 44.1 Å². The lowest BCUT2D eigenvalue weighted by Gasteiger charge is -2.31. The second-order valence-electron chi connectivity index (χ2n) is 9.59. The highest BCUT2D eigenvalue weighted by molar-refractivity contribution is 7.88. The minimum Gasteiger partial charge on any atom is -0.427 e. The fraction of sp³-hybridized carbons (Fsp3) is 0.360. The van der Waals surface area contributed by atoms with E-state index in [0.29, 0.717) is 15.4 Å². The van der Waals surface area contributed by atoms with Crippen molar-refractivity contribution in [3.8, 4) is 0 Å². The van der Waals surface area contributed by atoms with Crippen LogP contribution in [0.15, 0.2) is 42.5 Å². The van der Waals surface area contributed by atoms with Gasteiger partial charge in [0.25, 0.3) is 5.91 Å². The number of nitrogens with zero attached hydrogens (tertiary/aromatic N) is 2. The topological polar surface area (TPSA) is 154 Å². The fourth-order valence-electron chi connectivity index (χ4n) is 4.69. The highest BCUT2D eigenvalue weighted by Crippen LogP contribution is 2.46. The van der Waals surface area contributed by atoms with Gasteiger partial charge in [-0.15, -0.1) is 0 Å². The molecule has 2 aromatic carbocycles. The molecule has 0 aromatic heterocycles.